The largest absolute Gasteiger partial charge is 0.477 e. The zero-order valence-corrected chi connectivity index (χ0v) is 18.2. The van der Waals surface area contributed by atoms with Gasteiger partial charge >= 0.3 is 0 Å². The van der Waals surface area contributed by atoms with Gasteiger partial charge in [0.2, 0.25) is 11.8 Å². The highest BCUT2D eigenvalue weighted by Crippen LogP contribution is 2.51. The molecule has 2 fully saturated rings. The Balaban J connectivity index is 1.46. The molecular weight excluding hydrogens is 414 g/mol. The lowest BCUT2D eigenvalue weighted by atomic mass is 9.94. The first-order valence-electron chi connectivity index (χ1n) is 10.7. The van der Waals surface area contributed by atoms with Gasteiger partial charge in [-0.15, -0.1) is 0 Å². The molecular formula is C23H25N3O4S. The predicted molar refractivity (Wildman–Crippen MR) is 116 cm³/mol. The van der Waals surface area contributed by atoms with Crippen molar-refractivity contribution in [2.75, 3.05) is 6.61 Å². The maximum atomic E-state index is 13.3. The number of amides is 1. The minimum Gasteiger partial charge on any atom is -0.477 e. The van der Waals surface area contributed by atoms with Crippen LogP contribution in [0.2, 0.25) is 0 Å². The molecule has 0 spiro atoms. The number of hydrogen-bond donors (Lipinski definition) is 2. The van der Waals surface area contributed by atoms with Gasteiger partial charge < -0.3 is 9.72 Å². The molecule has 0 bridgehead atoms. The van der Waals surface area contributed by atoms with Gasteiger partial charge in [-0.2, -0.15) is 0 Å². The maximum absolute atomic E-state index is 13.3. The molecule has 3 aromatic rings. The summed E-state index contributed by atoms with van der Waals surface area (Å²) in [5.41, 5.74) is 1.47. The molecule has 8 heteroatoms. The van der Waals surface area contributed by atoms with Crippen LogP contribution in [0.3, 0.4) is 0 Å². The van der Waals surface area contributed by atoms with Crippen LogP contribution in [0.15, 0.2) is 47.6 Å². The molecule has 2 aliphatic carbocycles. The Labute approximate surface area is 181 Å². The average molecular weight is 440 g/mol. The third-order valence-corrected chi connectivity index (χ3v) is 7.63. The average Bonchev–Trinajstić information content (AvgIpc) is 3.69. The summed E-state index contributed by atoms with van der Waals surface area (Å²) >= 11 is 0. The van der Waals surface area contributed by atoms with E-state index in [9.17, 15) is 13.2 Å². The van der Waals surface area contributed by atoms with Crippen LogP contribution in [0.1, 0.15) is 43.7 Å². The number of fused-ring (bicyclic) bond motifs is 1. The van der Waals surface area contributed by atoms with Crippen LogP contribution < -0.4 is 9.46 Å². The van der Waals surface area contributed by atoms with Crippen LogP contribution in [0.5, 0.6) is 5.88 Å². The fourth-order valence-electron chi connectivity index (χ4n) is 3.94. The number of sulfonamides is 1. The van der Waals surface area contributed by atoms with E-state index in [1.807, 2.05) is 13.0 Å². The summed E-state index contributed by atoms with van der Waals surface area (Å²) in [4.78, 5) is 20.9. The molecule has 0 atom stereocenters. The molecule has 2 aromatic heterocycles. The van der Waals surface area contributed by atoms with Crippen molar-refractivity contribution >= 4 is 26.8 Å². The van der Waals surface area contributed by atoms with Crippen molar-refractivity contribution in [3.8, 4) is 5.88 Å². The maximum Gasteiger partial charge on any atom is 0.264 e. The van der Waals surface area contributed by atoms with Gasteiger partial charge in [0.05, 0.1) is 16.9 Å². The van der Waals surface area contributed by atoms with Gasteiger partial charge in [0, 0.05) is 28.9 Å². The van der Waals surface area contributed by atoms with Gasteiger partial charge in [0.25, 0.3) is 10.0 Å². The van der Waals surface area contributed by atoms with Gasteiger partial charge in [0.15, 0.2) is 0 Å². The summed E-state index contributed by atoms with van der Waals surface area (Å²) in [6.45, 7) is 2.60. The number of aromatic nitrogens is 2. The van der Waals surface area contributed by atoms with Crippen LogP contribution in [0.4, 0.5) is 0 Å². The van der Waals surface area contributed by atoms with Crippen LogP contribution in [0, 0.1) is 5.92 Å². The van der Waals surface area contributed by atoms with E-state index < -0.39 is 21.3 Å². The smallest absolute Gasteiger partial charge is 0.264 e. The number of nitrogens with zero attached hydrogens (tertiary/aromatic N) is 1. The summed E-state index contributed by atoms with van der Waals surface area (Å²) < 4.78 is 34.5. The zero-order valence-electron chi connectivity index (χ0n) is 17.3. The lowest BCUT2D eigenvalue weighted by Crippen LogP contribution is -2.39. The molecule has 31 heavy (non-hydrogen) atoms. The fourth-order valence-corrected chi connectivity index (χ4v) is 5.21. The molecule has 2 N–H and O–H groups in total. The standard InChI is InChI=1S/C23H25N3O4S/c1-2-15-12-18(21(25-13-15)30-14-16-6-7-16)23(9-10-23)22(27)26-31(28,29)20-5-3-4-19-17(20)8-11-24-19/h3-5,8,11-13,16,24H,2,6-7,9-10,14H2,1H3,(H,26,27). The fraction of sp³-hybridized carbons (Fsp3) is 0.391. The van der Waals surface area contributed by atoms with E-state index in [2.05, 4.69) is 14.7 Å². The number of carbonyl (C=O) groups excluding carboxylic acids is 1. The van der Waals surface area contributed by atoms with Crippen LogP contribution in [-0.4, -0.2) is 30.9 Å². The number of carbonyl (C=O) groups is 1. The first kappa shape index (κ1) is 20.1. The van der Waals surface area contributed by atoms with E-state index in [-0.39, 0.29) is 4.90 Å². The molecule has 7 nitrogen and oxygen atoms in total. The Morgan fingerprint density at radius 2 is 2.10 bits per heavy atom. The molecule has 0 radical (unpaired) electrons. The normalized spacial score (nSPS) is 17.5. The highest BCUT2D eigenvalue weighted by Gasteiger charge is 2.54. The number of benzene rings is 1. The van der Waals surface area contributed by atoms with E-state index in [1.54, 1.807) is 30.6 Å². The third-order valence-electron chi connectivity index (χ3n) is 6.24. The van der Waals surface area contributed by atoms with E-state index in [0.29, 0.717) is 47.7 Å². The molecule has 2 heterocycles. The molecule has 1 amide bonds. The van der Waals surface area contributed by atoms with Crippen molar-refractivity contribution in [1.82, 2.24) is 14.7 Å². The minimum atomic E-state index is -4.03. The van der Waals surface area contributed by atoms with E-state index in [4.69, 9.17) is 4.74 Å². The SMILES string of the molecule is CCc1cnc(OCC2CC2)c(C2(C(=O)NS(=O)(=O)c3cccc4[nH]ccc34)CC2)c1. The van der Waals surface area contributed by atoms with E-state index in [1.165, 1.54) is 6.07 Å². The number of pyridine rings is 1. The highest BCUT2D eigenvalue weighted by atomic mass is 32.2. The van der Waals surface area contributed by atoms with Crippen molar-refractivity contribution in [2.24, 2.45) is 5.92 Å². The summed E-state index contributed by atoms with van der Waals surface area (Å²) in [6.07, 6.45) is 7.65. The summed E-state index contributed by atoms with van der Waals surface area (Å²) in [6, 6.07) is 8.60. The van der Waals surface area contributed by atoms with Gasteiger partial charge in [-0.1, -0.05) is 13.0 Å². The zero-order chi connectivity index (χ0) is 21.6. The highest BCUT2D eigenvalue weighted by molar-refractivity contribution is 7.90. The van der Waals surface area contributed by atoms with E-state index in [0.717, 1.165) is 24.8 Å². The lowest BCUT2D eigenvalue weighted by Gasteiger charge is -2.20. The number of hydrogen-bond acceptors (Lipinski definition) is 5. The molecule has 2 aliphatic rings. The number of nitrogens with one attached hydrogen (secondary N) is 2. The second kappa shape index (κ2) is 7.37. The van der Waals surface area contributed by atoms with Crippen LogP contribution in [-0.2, 0) is 26.7 Å². The number of aromatic amines is 1. The van der Waals surface area contributed by atoms with Crippen LogP contribution >= 0.6 is 0 Å². The Morgan fingerprint density at radius 1 is 1.29 bits per heavy atom. The third kappa shape index (κ3) is 3.69. The quantitative estimate of drug-likeness (QED) is 0.560. The van der Waals surface area contributed by atoms with Crippen LogP contribution in [0.25, 0.3) is 10.9 Å². The molecule has 1 aromatic carbocycles. The lowest BCUT2D eigenvalue weighted by molar-refractivity contribution is -0.121. The number of aryl methyl sites for hydroxylation is 1. The number of H-pyrrole nitrogens is 1. The molecule has 0 saturated heterocycles. The molecule has 162 valence electrons. The molecule has 5 rings (SSSR count). The van der Waals surface area contributed by atoms with Gasteiger partial charge in [-0.25, -0.2) is 18.1 Å². The summed E-state index contributed by atoms with van der Waals surface area (Å²) in [5.74, 6) is 0.472. The first-order chi connectivity index (χ1) is 14.9. The Hall–Kier alpha value is -2.87. The number of ether oxygens (including phenoxy) is 1. The Morgan fingerprint density at radius 3 is 2.81 bits per heavy atom. The van der Waals surface area contributed by atoms with Crippen molar-refractivity contribution in [2.45, 2.75) is 49.3 Å². The minimum absolute atomic E-state index is 0.0843. The van der Waals surface area contributed by atoms with Crippen molar-refractivity contribution in [1.29, 1.82) is 0 Å². The van der Waals surface area contributed by atoms with Crippen molar-refractivity contribution in [3.63, 3.8) is 0 Å². The Bertz CT molecular complexity index is 1260. The molecule has 2 saturated carbocycles. The van der Waals surface area contributed by atoms with Gasteiger partial charge in [0.1, 0.15) is 0 Å². The second-order valence-corrected chi connectivity index (χ2v) is 10.2. The van der Waals surface area contributed by atoms with Crippen molar-refractivity contribution < 1.29 is 17.9 Å². The number of rotatable bonds is 8. The summed E-state index contributed by atoms with van der Waals surface area (Å²) in [7, 11) is -4.03. The summed E-state index contributed by atoms with van der Waals surface area (Å²) in [5, 5.41) is 0.552. The predicted octanol–water partition coefficient (Wildman–Crippen LogP) is 3.45. The van der Waals surface area contributed by atoms with Gasteiger partial charge in [-0.3, -0.25) is 4.79 Å². The molecule has 0 aliphatic heterocycles. The second-order valence-electron chi connectivity index (χ2n) is 8.52. The molecule has 0 unspecified atom stereocenters. The first-order valence-corrected chi connectivity index (χ1v) is 12.2. The van der Waals surface area contributed by atoms with Gasteiger partial charge in [-0.05, 0) is 67.9 Å². The topological polar surface area (TPSA) is 101 Å². The monoisotopic (exact) mass is 439 g/mol. The Kier molecular flexibility index (Phi) is 4.77. The van der Waals surface area contributed by atoms with Crippen molar-refractivity contribution in [3.05, 3.63) is 53.9 Å². The van der Waals surface area contributed by atoms with E-state index >= 15 is 0 Å².